The highest BCUT2D eigenvalue weighted by atomic mass is 16.5. The first-order valence-corrected chi connectivity index (χ1v) is 10.1. The second kappa shape index (κ2) is 8.89. The van der Waals surface area contributed by atoms with E-state index in [0.29, 0.717) is 30.0 Å². The van der Waals surface area contributed by atoms with Crippen molar-refractivity contribution in [1.29, 1.82) is 0 Å². The Labute approximate surface area is 183 Å². The number of aliphatic hydroxyl groups is 1. The number of esters is 1. The van der Waals surface area contributed by atoms with Crippen LogP contribution in [0.2, 0.25) is 0 Å². The van der Waals surface area contributed by atoms with Crippen molar-refractivity contribution in [3.8, 4) is 0 Å². The summed E-state index contributed by atoms with van der Waals surface area (Å²) in [5.41, 5.74) is 0.972. The molecular formula is C24H20N2O6. The first-order chi connectivity index (χ1) is 15.5. The Bertz CT molecular complexity index is 1170. The number of ketones is 1. The molecule has 162 valence electrons. The lowest BCUT2D eigenvalue weighted by molar-refractivity contribution is -0.117. The van der Waals surface area contributed by atoms with Crippen LogP contribution in [0, 0.1) is 0 Å². The third kappa shape index (κ3) is 3.78. The van der Waals surface area contributed by atoms with Gasteiger partial charge in [-0.2, -0.15) is 0 Å². The van der Waals surface area contributed by atoms with Crippen molar-refractivity contribution in [1.82, 2.24) is 4.98 Å². The number of hydrogen-bond donors (Lipinski definition) is 1. The van der Waals surface area contributed by atoms with Crippen molar-refractivity contribution in [2.45, 2.75) is 19.4 Å². The number of aliphatic hydroxyl groups excluding tert-OH is 1. The fraction of sp³-hybridized carbons (Fsp3) is 0.167. The Balaban J connectivity index is 1.74. The zero-order valence-corrected chi connectivity index (χ0v) is 17.2. The number of rotatable bonds is 7. The molecule has 8 heteroatoms. The Morgan fingerprint density at radius 1 is 1.12 bits per heavy atom. The van der Waals surface area contributed by atoms with Gasteiger partial charge < -0.3 is 14.3 Å². The number of nitrogens with zero attached hydrogens (tertiary/aromatic N) is 2. The first kappa shape index (κ1) is 21.0. The predicted molar refractivity (Wildman–Crippen MR) is 114 cm³/mol. The molecule has 0 aliphatic carbocycles. The van der Waals surface area contributed by atoms with E-state index in [9.17, 15) is 19.5 Å². The largest absolute Gasteiger partial charge is 0.503 e. The van der Waals surface area contributed by atoms with Gasteiger partial charge in [-0.15, -0.1) is 0 Å². The minimum absolute atomic E-state index is 0.00357. The fourth-order valence-electron chi connectivity index (χ4n) is 3.50. The quantitative estimate of drug-likeness (QED) is 0.443. The fourth-order valence-corrected chi connectivity index (χ4v) is 3.50. The SMILES string of the molecule is CCCOC(=O)c1ccc(N2C(=O)C(O)=C(C(=O)c3ccco3)C2c2ccccn2)cc1. The van der Waals surface area contributed by atoms with Gasteiger partial charge in [0.1, 0.15) is 6.04 Å². The van der Waals surface area contributed by atoms with E-state index < -0.39 is 29.5 Å². The number of aromatic nitrogens is 1. The van der Waals surface area contributed by atoms with Crippen molar-refractivity contribution < 1.29 is 28.6 Å². The normalized spacial score (nSPS) is 15.8. The van der Waals surface area contributed by atoms with Crippen molar-refractivity contribution >= 4 is 23.3 Å². The number of Topliss-reactive ketones (excluding diaryl/α,β-unsaturated/α-hetero) is 1. The number of benzene rings is 1. The smallest absolute Gasteiger partial charge is 0.338 e. The average molecular weight is 432 g/mol. The lowest BCUT2D eigenvalue weighted by atomic mass is 9.98. The molecule has 0 spiro atoms. The van der Waals surface area contributed by atoms with Gasteiger partial charge in [0.25, 0.3) is 5.91 Å². The van der Waals surface area contributed by atoms with Crippen molar-refractivity contribution in [3.05, 3.63) is 95.4 Å². The van der Waals surface area contributed by atoms with Crippen molar-refractivity contribution in [3.63, 3.8) is 0 Å². The summed E-state index contributed by atoms with van der Waals surface area (Å²) in [4.78, 5) is 43.8. The van der Waals surface area contributed by atoms with Crippen molar-refractivity contribution in [2.24, 2.45) is 0 Å². The summed E-state index contributed by atoms with van der Waals surface area (Å²) in [5, 5.41) is 10.7. The molecule has 0 bridgehead atoms. The van der Waals surface area contributed by atoms with Gasteiger partial charge in [-0.25, -0.2) is 4.79 Å². The lowest BCUT2D eigenvalue weighted by Crippen LogP contribution is -2.31. The van der Waals surface area contributed by atoms with Crippen LogP contribution >= 0.6 is 0 Å². The zero-order valence-electron chi connectivity index (χ0n) is 17.2. The molecule has 32 heavy (non-hydrogen) atoms. The molecule has 4 rings (SSSR count). The van der Waals surface area contributed by atoms with Crippen LogP contribution in [0.3, 0.4) is 0 Å². The molecule has 1 aliphatic rings. The third-order valence-electron chi connectivity index (χ3n) is 4.98. The highest BCUT2D eigenvalue weighted by molar-refractivity contribution is 6.20. The molecule has 0 radical (unpaired) electrons. The van der Waals surface area contributed by atoms with Gasteiger partial charge in [0.15, 0.2) is 11.5 Å². The lowest BCUT2D eigenvalue weighted by Gasteiger charge is -2.26. The van der Waals surface area contributed by atoms with Crippen molar-refractivity contribution in [2.75, 3.05) is 11.5 Å². The molecule has 1 unspecified atom stereocenters. The molecule has 1 aliphatic heterocycles. The van der Waals surface area contributed by atoms with Gasteiger partial charge in [-0.3, -0.25) is 19.5 Å². The Morgan fingerprint density at radius 3 is 2.53 bits per heavy atom. The van der Waals surface area contributed by atoms with Gasteiger partial charge in [-0.05, 0) is 55.0 Å². The summed E-state index contributed by atoms with van der Waals surface area (Å²) in [6.07, 6.45) is 3.58. The minimum Gasteiger partial charge on any atom is -0.503 e. The summed E-state index contributed by atoms with van der Waals surface area (Å²) < 4.78 is 10.3. The monoisotopic (exact) mass is 432 g/mol. The molecule has 1 atom stereocenters. The summed E-state index contributed by atoms with van der Waals surface area (Å²) in [7, 11) is 0. The van der Waals surface area contributed by atoms with Crippen LogP contribution in [-0.2, 0) is 9.53 Å². The van der Waals surface area contributed by atoms with Gasteiger partial charge in [0.05, 0.1) is 29.7 Å². The number of carbonyl (C=O) groups is 3. The number of furan rings is 1. The zero-order chi connectivity index (χ0) is 22.7. The molecule has 3 heterocycles. The third-order valence-corrected chi connectivity index (χ3v) is 4.98. The highest BCUT2D eigenvalue weighted by Crippen LogP contribution is 2.41. The van der Waals surface area contributed by atoms with E-state index in [1.54, 1.807) is 36.4 Å². The van der Waals surface area contributed by atoms with E-state index in [0.717, 1.165) is 0 Å². The molecule has 1 amide bonds. The summed E-state index contributed by atoms with van der Waals surface area (Å²) in [5.74, 6) is -2.51. The van der Waals surface area contributed by atoms with Crippen LogP contribution in [0.5, 0.6) is 0 Å². The summed E-state index contributed by atoms with van der Waals surface area (Å²) >= 11 is 0. The number of pyridine rings is 1. The van der Waals surface area contributed by atoms with Crippen LogP contribution in [-0.4, -0.2) is 34.4 Å². The number of ether oxygens (including phenoxy) is 1. The number of amides is 1. The van der Waals surface area contributed by atoms with Crippen LogP contribution in [0.15, 0.2) is 82.8 Å². The Kier molecular flexibility index (Phi) is 5.85. The van der Waals surface area contributed by atoms with Gasteiger partial charge in [0, 0.05) is 11.9 Å². The molecule has 1 N–H and O–H groups in total. The van der Waals surface area contributed by atoms with E-state index in [-0.39, 0.29) is 11.3 Å². The topological polar surface area (TPSA) is 110 Å². The molecule has 8 nitrogen and oxygen atoms in total. The Morgan fingerprint density at radius 2 is 1.91 bits per heavy atom. The maximum Gasteiger partial charge on any atom is 0.338 e. The molecule has 3 aromatic rings. The van der Waals surface area contributed by atoms with Crippen LogP contribution in [0.1, 0.15) is 46.0 Å². The maximum atomic E-state index is 13.1. The van der Waals surface area contributed by atoms with Gasteiger partial charge >= 0.3 is 5.97 Å². The van der Waals surface area contributed by atoms with Crippen LogP contribution < -0.4 is 4.90 Å². The van der Waals surface area contributed by atoms with Crippen LogP contribution in [0.4, 0.5) is 5.69 Å². The van der Waals surface area contributed by atoms with E-state index in [1.165, 1.54) is 35.6 Å². The molecule has 0 saturated heterocycles. The molecule has 1 aromatic carbocycles. The number of hydrogen-bond acceptors (Lipinski definition) is 7. The predicted octanol–water partition coefficient (Wildman–Crippen LogP) is 4.02. The molecular weight excluding hydrogens is 412 g/mol. The molecule has 2 aromatic heterocycles. The summed E-state index contributed by atoms with van der Waals surface area (Å²) in [6.45, 7) is 2.21. The second-order valence-electron chi connectivity index (χ2n) is 7.08. The van der Waals surface area contributed by atoms with E-state index in [2.05, 4.69) is 4.98 Å². The van der Waals surface area contributed by atoms with E-state index in [1.807, 2.05) is 6.92 Å². The Hall–Kier alpha value is -4.20. The molecule has 0 fully saturated rings. The number of anilines is 1. The second-order valence-corrected chi connectivity index (χ2v) is 7.08. The van der Waals surface area contributed by atoms with E-state index >= 15 is 0 Å². The number of carbonyl (C=O) groups excluding carboxylic acids is 3. The van der Waals surface area contributed by atoms with Gasteiger partial charge in [0.2, 0.25) is 5.78 Å². The highest BCUT2D eigenvalue weighted by Gasteiger charge is 2.45. The summed E-state index contributed by atoms with van der Waals surface area (Å²) in [6, 6.07) is 13.3. The average Bonchev–Trinajstić information content (AvgIpc) is 3.45. The van der Waals surface area contributed by atoms with Crippen LogP contribution in [0.25, 0.3) is 0 Å². The minimum atomic E-state index is -0.973. The van der Waals surface area contributed by atoms with Gasteiger partial charge in [-0.1, -0.05) is 13.0 Å². The molecule has 0 saturated carbocycles. The maximum absolute atomic E-state index is 13.1. The standard InChI is InChI=1S/C24H20N2O6/c1-2-13-32-24(30)15-8-10-16(11-9-15)26-20(17-6-3-4-12-25-17)19(22(28)23(26)29)21(27)18-7-5-14-31-18/h3-12,14,20,28H,2,13H2,1H3. The van der Waals surface area contributed by atoms with E-state index in [4.69, 9.17) is 9.15 Å². The first-order valence-electron chi connectivity index (χ1n) is 10.1.